The number of aliphatic hydroxyl groups is 1. The molecular weight excluding hydrogens is 248 g/mol. The molecule has 2 heteroatoms. The standard InChI is InChI=1S/C18H32O2/c1-2-14-6-7-15(12-14)17(19)16-8-11-20-18(13-16)9-4-3-5-10-18/h14-17,19H,2-13H2,1H3. The molecule has 20 heavy (non-hydrogen) atoms. The van der Waals surface area contributed by atoms with Crippen molar-refractivity contribution in [1.29, 1.82) is 0 Å². The molecule has 0 aromatic carbocycles. The SMILES string of the molecule is CCC1CCC(C(O)C2CCOC3(CCCCC3)C2)C1. The highest BCUT2D eigenvalue weighted by molar-refractivity contribution is 4.93. The lowest BCUT2D eigenvalue weighted by molar-refractivity contribution is -0.139. The van der Waals surface area contributed by atoms with Crippen LogP contribution >= 0.6 is 0 Å². The first-order valence-electron chi connectivity index (χ1n) is 9.04. The van der Waals surface area contributed by atoms with Crippen LogP contribution in [0.3, 0.4) is 0 Å². The Hall–Kier alpha value is -0.0800. The van der Waals surface area contributed by atoms with Gasteiger partial charge in [-0.1, -0.05) is 39.0 Å². The van der Waals surface area contributed by atoms with Crippen molar-refractivity contribution < 1.29 is 9.84 Å². The van der Waals surface area contributed by atoms with E-state index in [-0.39, 0.29) is 11.7 Å². The average molecular weight is 280 g/mol. The number of ether oxygens (including phenoxy) is 1. The predicted molar refractivity (Wildman–Crippen MR) is 81.6 cm³/mol. The zero-order valence-corrected chi connectivity index (χ0v) is 13.2. The van der Waals surface area contributed by atoms with E-state index < -0.39 is 0 Å². The van der Waals surface area contributed by atoms with Gasteiger partial charge in [0.25, 0.3) is 0 Å². The molecule has 2 nitrogen and oxygen atoms in total. The van der Waals surface area contributed by atoms with Crippen molar-refractivity contribution >= 4 is 0 Å². The van der Waals surface area contributed by atoms with Gasteiger partial charge in [-0.25, -0.2) is 0 Å². The van der Waals surface area contributed by atoms with E-state index in [1.165, 1.54) is 57.8 Å². The predicted octanol–water partition coefficient (Wildman–Crippen LogP) is 4.30. The summed E-state index contributed by atoms with van der Waals surface area (Å²) in [5.74, 6) is 1.95. The van der Waals surface area contributed by atoms with E-state index >= 15 is 0 Å². The highest BCUT2D eigenvalue weighted by atomic mass is 16.5. The molecule has 0 aromatic rings. The Labute approximate surface area is 124 Å². The molecule has 4 atom stereocenters. The second-order valence-corrected chi connectivity index (χ2v) is 7.68. The van der Waals surface area contributed by atoms with Crippen molar-refractivity contribution in [3.05, 3.63) is 0 Å². The Bertz CT molecular complexity index is 303. The Morgan fingerprint density at radius 3 is 2.60 bits per heavy atom. The number of hydrogen-bond donors (Lipinski definition) is 1. The van der Waals surface area contributed by atoms with Crippen LogP contribution in [0.2, 0.25) is 0 Å². The van der Waals surface area contributed by atoms with Crippen molar-refractivity contribution in [2.45, 2.75) is 89.3 Å². The first-order valence-corrected chi connectivity index (χ1v) is 9.04. The normalized spacial score (nSPS) is 39.0. The van der Waals surface area contributed by atoms with Gasteiger partial charge in [-0.15, -0.1) is 0 Å². The first kappa shape index (κ1) is 14.8. The van der Waals surface area contributed by atoms with Crippen molar-refractivity contribution in [3.8, 4) is 0 Å². The van der Waals surface area contributed by atoms with Gasteiger partial charge in [0.2, 0.25) is 0 Å². The van der Waals surface area contributed by atoms with E-state index in [0.29, 0.717) is 11.8 Å². The molecule has 116 valence electrons. The Balaban J connectivity index is 1.59. The van der Waals surface area contributed by atoms with Gasteiger partial charge in [-0.2, -0.15) is 0 Å². The fourth-order valence-corrected chi connectivity index (χ4v) is 5.08. The highest BCUT2D eigenvalue weighted by Gasteiger charge is 2.43. The van der Waals surface area contributed by atoms with Crippen molar-refractivity contribution in [1.82, 2.24) is 0 Å². The molecule has 0 bridgehead atoms. The van der Waals surface area contributed by atoms with E-state index in [1.54, 1.807) is 0 Å². The fraction of sp³-hybridized carbons (Fsp3) is 1.00. The molecule has 1 saturated heterocycles. The summed E-state index contributed by atoms with van der Waals surface area (Å²) in [6.45, 7) is 3.18. The maximum Gasteiger partial charge on any atom is 0.0686 e. The summed E-state index contributed by atoms with van der Waals surface area (Å²) < 4.78 is 6.18. The summed E-state index contributed by atoms with van der Waals surface area (Å²) in [4.78, 5) is 0. The summed E-state index contributed by atoms with van der Waals surface area (Å²) in [6, 6.07) is 0. The third kappa shape index (κ3) is 3.06. The molecule has 0 aromatic heterocycles. The maximum atomic E-state index is 10.8. The minimum Gasteiger partial charge on any atom is -0.393 e. The van der Waals surface area contributed by atoms with Gasteiger partial charge in [0, 0.05) is 6.61 Å². The summed E-state index contributed by atoms with van der Waals surface area (Å²) in [6.07, 6.45) is 13.8. The molecule has 3 rings (SSSR count). The second kappa shape index (κ2) is 6.36. The molecule has 4 unspecified atom stereocenters. The highest BCUT2D eigenvalue weighted by Crippen LogP contribution is 2.45. The quantitative estimate of drug-likeness (QED) is 0.835. The minimum atomic E-state index is -0.0609. The molecule has 1 aliphatic heterocycles. The Kier molecular flexibility index (Phi) is 4.72. The van der Waals surface area contributed by atoms with E-state index in [0.717, 1.165) is 25.4 Å². The molecule has 3 aliphatic rings. The third-order valence-corrected chi connectivity index (χ3v) is 6.42. The largest absolute Gasteiger partial charge is 0.393 e. The lowest BCUT2D eigenvalue weighted by Gasteiger charge is -2.45. The van der Waals surface area contributed by atoms with Crippen molar-refractivity contribution in [2.75, 3.05) is 6.61 Å². The van der Waals surface area contributed by atoms with Crippen LogP contribution < -0.4 is 0 Å². The Morgan fingerprint density at radius 1 is 1.10 bits per heavy atom. The zero-order valence-electron chi connectivity index (χ0n) is 13.2. The van der Waals surface area contributed by atoms with Gasteiger partial charge in [0.1, 0.15) is 0 Å². The lowest BCUT2D eigenvalue weighted by Crippen LogP contribution is -2.45. The van der Waals surface area contributed by atoms with Crippen LogP contribution in [0.1, 0.15) is 77.6 Å². The van der Waals surface area contributed by atoms with E-state index in [1.807, 2.05) is 0 Å². The fourth-order valence-electron chi connectivity index (χ4n) is 5.08. The van der Waals surface area contributed by atoms with Crippen LogP contribution in [-0.4, -0.2) is 23.4 Å². The molecule has 0 radical (unpaired) electrons. The summed E-state index contributed by atoms with van der Waals surface area (Å²) in [5, 5.41) is 10.8. The summed E-state index contributed by atoms with van der Waals surface area (Å²) in [7, 11) is 0. The monoisotopic (exact) mass is 280 g/mol. The number of hydrogen-bond acceptors (Lipinski definition) is 2. The molecular formula is C18H32O2. The van der Waals surface area contributed by atoms with E-state index in [4.69, 9.17) is 4.74 Å². The first-order chi connectivity index (χ1) is 9.72. The lowest BCUT2D eigenvalue weighted by atomic mass is 9.72. The van der Waals surface area contributed by atoms with Crippen molar-refractivity contribution in [2.24, 2.45) is 17.8 Å². The van der Waals surface area contributed by atoms with Crippen LogP contribution in [0, 0.1) is 17.8 Å². The number of rotatable bonds is 3. The minimum absolute atomic E-state index is 0.0609. The van der Waals surface area contributed by atoms with Gasteiger partial charge in [-0.3, -0.25) is 0 Å². The number of aliphatic hydroxyl groups excluding tert-OH is 1. The molecule has 1 N–H and O–H groups in total. The average Bonchev–Trinajstić information content (AvgIpc) is 2.96. The maximum absolute atomic E-state index is 10.8. The molecule has 3 fully saturated rings. The van der Waals surface area contributed by atoms with E-state index in [2.05, 4.69) is 6.92 Å². The van der Waals surface area contributed by atoms with Gasteiger partial charge in [-0.05, 0) is 56.3 Å². The van der Waals surface area contributed by atoms with Gasteiger partial charge in [0.05, 0.1) is 11.7 Å². The van der Waals surface area contributed by atoms with Gasteiger partial charge < -0.3 is 9.84 Å². The third-order valence-electron chi connectivity index (χ3n) is 6.42. The topological polar surface area (TPSA) is 29.5 Å². The van der Waals surface area contributed by atoms with Crippen LogP contribution in [0.15, 0.2) is 0 Å². The molecule has 1 heterocycles. The smallest absolute Gasteiger partial charge is 0.0686 e. The van der Waals surface area contributed by atoms with Crippen LogP contribution in [0.25, 0.3) is 0 Å². The van der Waals surface area contributed by atoms with Gasteiger partial charge >= 0.3 is 0 Å². The van der Waals surface area contributed by atoms with Crippen LogP contribution in [0.4, 0.5) is 0 Å². The Morgan fingerprint density at radius 2 is 1.90 bits per heavy atom. The molecule has 2 saturated carbocycles. The molecule has 0 amide bonds. The van der Waals surface area contributed by atoms with Crippen molar-refractivity contribution in [3.63, 3.8) is 0 Å². The molecule has 1 spiro atoms. The summed E-state index contributed by atoms with van der Waals surface area (Å²) in [5.41, 5.74) is 0.144. The summed E-state index contributed by atoms with van der Waals surface area (Å²) >= 11 is 0. The second-order valence-electron chi connectivity index (χ2n) is 7.68. The van der Waals surface area contributed by atoms with Gasteiger partial charge in [0.15, 0.2) is 0 Å². The van der Waals surface area contributed by atoms with Crippen LogP contribution in [-0.2, 0) is 4.74 Å². The van der Waals surface area contributed by atoms with E-state index in [9.17, 15) is 5.11 Å². The van der Waals surface area contributed by atoms with Crippen LogP contribution in [0.5, 0.6) is 0 Å². The zero-order chi connectivity index (χ0) is 14.0. The molecule has 2 aliphatic carbocycles.